The third-order valence-electron chi connectivity index (χ3n) is 4.24. The summed E-state index contributed by atoms with van der Waals surface area (Å²) in [5.41, 5.74) is 3.17. The van der Waals surface area contributed by atoms with E-state index < -0.39 is 0 Å². The fourth-order valence-electron chi connectivity index (χ4n) is 2.84. The lowest BCUT2D eigenvalue weighted by Crippen LogP contribution is -2.41. The summed E-state index contributed by atoms with van der Waals surface area (Å²) in [5, 5.41) is 9.26. The number of halogens is 2. The summed E-state index contributed by atoms with van der Waals surface area (Å²) in [6, 6.07) is 14.4. The van der Waals surface area contributed by atoms with Crippen LogP contribution in [-0.2, 0) is 24.2 Å². The first-order valence-corrected chi connectivity index (χ1v) is 9.72. The Morgan fingerprint density at radius 1 is 0.966 bits per heavy atom. The summed E-state index contributed by atoms with van der Waals surface area (Å²) in [5.74, 6) is 0.252. The van der Waals surface area contributed by atoms with Gasteiger partial charge in [-0.15, -0.1) is 24.0 Å². The van der Waals surface area contributed by atoms with Crippen molar-refractivity contribution < 1.29 is 9.18 Å². The number of aryl methyl sites for hydroxylation is 1. The highest BCUT2D eigenvalue weighted by Gasteiger charge is 2.05. The average Bonchev–Trinajstić information content (AvgIpc) is 2.69. The maximum atomic E-state index is 13.2. The van der Waals surface area contributed by atoms with E-state index in [-0.39, 0.29) is 42.1 Å². The molecule has 0 spiro atoms. The second kappa shape index (κ2) is 13.9. The Kier molecular flexibility index (Phi) is 11.9. The predicted molar refractivity (Wildman–Crippen MR) is 127 cm³/mol. The van der Waals surface area contributed by atoms with Crippen LogP contribution in [0.4, 0.5) is 4.39 Å². The van der Waals surface area contributed by atoms with Gasteiger partial charge in [-0.25, -0.2) is 9.38 Å². The number of guanidine groups is 1. The Labute approximate surface area is 189 Å². The molecule has 1 amide bonds. The lowest BCUT2D eigenvalue weighted by atomic mass is 10.1. The summed E-state index contributed by atoms with van der Waals surface area (Å²) in [7, 11) is 0. The van der Waals surface area contributed by atoms with Gasteiger partial charge >= 0.3 is 0 Å². The highest BCUT2D eigenvalue weighted by atomic mass is 127. The Hall–Kier alpha value is -2.16. The van der Waals surface area contributed by atoms with Crippen molar-refractivity contribution in [2.45, 2.75) is 33.2 Å². The number of nitrogens with one attached hydrogen (secondary N) is 3. The van der Waals surface area contributed by atoms with Gasteiger partial charge < -0.3 is 16.0 Å². The van der Waals surface area contributed by atoms with Crippen LogP contribution in [0.15, 0.2) is 53.5 Å². The van der Waals surface area contributed by atoms with E-state index in [1.54, 1.807) is 12.1 Å². The molecule has 2 aromatic rings. The van der Waals surface area contributed by atoms with Gasteiger partial charge in [0.25, 0.3) is 0 Å². The van der Waals surface area contributed by atoms with Crippen molar-refractivity contribution in [2.24, 2.45) is 4.99 Å². The van der Waals surface area contributed by atoms with E-state index in [2.05, 4.69) is 40.0 Å². The summed E-state index contributed by atoms with van der Waals surface area (Å²) in [6.07, 6.45) is 1.15. The molecular weight excluding hydrogens is 482 g/mol. The predicted octanol–water partition coefficient (Wildman–Crippen LogP) is 3.42. The number of rotatable bonds is 9. The molecule has 5 nitrogen and oxygen atoms in total. The van der Waals surface area contributed by atoms with Gasteiger partial charge in [-0.3, -0.25) is 4.79 Å². The lowest BCUT2D eigenvalue weighted by Gasteiger charge is -2.12. The molecule has 0 aliphatic rings. The first kappa shape index (κ1) is 24.9. The minimum Gasteiger partial charge on any atom is -0.357 e. The summed E-state index contributed by atoms with van der Waals surface area (Å²) < 4.78 is 13.2. The molecule has 0 atom stereocenters. The highest BCUT2D eigenvalue weighted by molar-refractivity contribution is 14.0. The number of carbonyl (C=O) groups excluding carboxylic acids is 1. The van der Waals surface area contributed by atoms with Crippen LogP contribution in [0.5, 0.6) is 0 Å². The van der Waals surface area contributed by atoms with Crippen LogP contribution in [0.3, 0.4) is 0 Å². The Bertz CT molecular complexity index is 798. The normalized spacial score (nSPS) is 10.8. The summed E-state index contributed by atoms with van der Waals surface area (Å²) >= 11 is 0. The van der Waals surface area contributed by atoms with Crippen LogP contribution in [0, 0.1) is 5.82 Å². The minimum atomic E-state index is -0.330. The quantitative estimate of drug-likeness (QED) is 0.209. The molecular formula is C22H30FIN4O. The molecule has 3 N–H and O–H groups in total. The Balaban J connectivity index is 0.00000420. The average molecular weight is 512 g/mol. The number of benzene rings is 2. The molecule has 0 fully saturated rings. The number of hydrogen-bond donors (Lipinski definition) is 3. The molecule has 0 aliphatic heterocycles. The fraction of sp³-hybridized carbons (Fsp3) is 0.364. The first-order valence-electron chi connectivity index (χ1n) is 9.72. The smallest absolute Gasteiger partial charge is 0.224 e. The van der Waals surface area contributed by atoms with Crippen molar-refractivity contribution in [3.63, 3.8) is 0 Å². The largest absolute Gasteiger partial charge is 0.357 e. The fourth-order valence-corrected chi connectivity index (χ4v) is 2.84. The molecule has 0 saturated carbocycles. The molecule has 2 rings (SSSR count). The molecule has 0 bridgehead atoms. The van der Waals surface area contributed by atoms with Crippen molar-refractivity contribution in [3.05, 3.63) is 71.0 Å². The number of hydrogen-bond acceptors (Lipinski definition) is 2. The van der Waals surface area contributed by atoms with E-state index >= 15 is 0 Å². The van der Waals surface area contributed by atoms with Gasteiger partial charge in [0, 0.05) is 19.6 Å². The van der Waals surface area contributed by atoms with E-state index in [9.17, 15) is 9.18 Å². The number of aliphatic imine (C=N–C) groups is 1. The second-order valence-electron chi connectivity index (χ2n) is 6.40. The van der Waals surface area contributed by atoms with Gasteiger partial charge in [-0.1, -0.05) is 43.3 Å². The molecule has 0 unspecified atom stereocenters. The molecule has 0 aromatic heterocycles. The maximum Gasteiger partial charge on any atom is 0.224 e. The van der Waals surface area contributed by atoms with Gasteiger partial charge in [0.1, 0.15) is 5.82 Å². The van der Waals surface area contributed by atoms with Gasteiger partial charge in [0.15, 0.2) is 5.96 Å². The summed E-state index contributed by atoms with van der Waals surface area (Å²) in [4.78, 5) is 16.6. The zero-order valence-corrected chi connectivity index (χ0v) is 19.3. The highest BCUT2D eigenvalue weighted by Crippen LogP contribution is 2.10. The number of amides is 1. The standard InChI is InChI=1S/C22H29FN4O.HI/c1-3-18-9-5-6-10-19(18)16-27-22(24-4-2)26-13-12-25-21(28)15-17-8-7-11-20(23)14-17;/h5-11,14H,3-4,12-13,15-16H2,1-2H3,(H,25,28)(H2,24,26,27);1H. The van der Waals surface area contributed by atoms with Gasteiger partial charge in [0.2, 0.25) is 5.91 Å². The van der Waals surface area contributed by atoms with Crippen molar-refractivity contribution in [2.75, 3.05) is 19.6 Å². The molecule has 0 heterocycles. The SMILES string of the molecule is CCNC(=NCc1ccccc1CC)NCCNC(=O)Cc1cccc(F)c1.I. The monoisotopic (exact) mass is 512 g/mol. The molecule has 2 aromatic carbocycles. The second-order valence-corrected chi connectivity index (χ2v) is 6.40. The van der Waals surface area contributed by atoms with Gasteiger partial charge in [-0.2, -0.15) is 0 Å². The minimum absolute atomic E-state index is 0. The van der Waals surface area contributed by atoms with Crippen molar-refractivity contribution in [3.8, 4) is 0 Å². The van der Waals surface area contributed by atoms with Crippen molar-refractivity contribution in [1.29, 1.82) is 0 Å². The molecule has 0 aliphatic carbocycles. The van der Waals surface area contributed by atoms with Gasteiger partial charge in [-0.05, 0) is 42.2 Å². The van der Waals surface area contributed by atoms with Gasteiger partial charge in [0.05, 0.1) is 13.0 Å². The topological polar surface area (TPSA) is 65.5 Å². The van der Waals surface area contributed by atoms with E-state index in [1.807, 2.05) is 19.1 Å². The van der Waals surface area contributed by atoms with Crippen LogP contribution in [0.25, 0.3) is 0 Å². The number of nitrogens with zero attached hydrogens (tertiary/aromatic N) is 1. The van der Waals surface area contributed by atoms with Crippen molar-refractivity contribution in [1.82, 2.24) is 16.0 Å². The zero-order valence-electron chi connectivity index (χ0n) is 17.0. The molecule has 0 saturated heterocycles. The summed E-state index contributed by atoms with van der Waals surface area (Å²) in [6.45, 7) is 6.52. The molecule has 158 valence electrons. The maximum absolute atomic E-state index is 13.2. The Morgan fingerprint density at radius 3 is 2.38 bits per heavy atom. The zero-order chi connectivity index (χ0) is 20.2. The van der Waals surface area contributed by atoms with E-state index in [0.29, 0.717) is 31.2 Å². The van der Waals surface area contributed by atoms with Crippen LogP contribution >= 0.6 is 24.0 Å². The van der Waals surface area contributed by atoms with Crippen LogP contribution in [0.2, 0.25) is 0 Å². The third-order valence-corrected chi connectivity index (χ3v) is 4.24. The van der Waals surface area contributed by atoms with Crippen LogP contribution in [-0.4, -0.2) is 31.5 Å². The lowest BCUT2D eigenvalue weighted by molar-refractivity contribution is -0.120. The van der Waals surface area contributed by atoms with E-state index in [4.69, 9.17) is 0 Å². The van der Waals surface area contributed by atoms with Crippen LogP contribution < -0.4 is 16.0 Å². The molecule has 7 heteroatoms. The molecule has 29 heavy (non-hydrogen) atoms. The Morgan fingerprint density at radius 2 is 1.69 bits per heavy atom. The first-order chi connectivity index (χ1) is 13.6. The van der Waals surface area contributed by atoms with Crippen LogP contribution in [0.1, 0.15) is 30.5 Å². The van der Waals surface area contributed by atoms with Crippen molar-refractivity contribution >= 4 is 35.8 Å². The van der Waals surface area contributed by atoms with E-state index in [0.717, 1.165) is 13.0 Å². The number of carbonyl (C=O) groups is 1. The van der Waals surface area contributed by atoms with E-state index in [1.165, 1.54) is 23.3 Å². The molecule has 0 radical (unpaired) electrons. The third kappa shape index (κ3) is 9.25.